The molecule has 1 fully saturated rings. The fraction of sp³-hybridized carbons (Fsp3) is 0.750. The highest BCUT2D eigenvalue weighted by molar-refractivity contribution is 5.77. The molecule has 2 aliphatic rings. The van der Waals surface area contributed by atoms with E-state index < -0.39 is 0 Å². The Morgan fingerprint density at radius 3 is 2.94 bits per heavy atom. The number of nitrogens with one attached hydrogen (secondary N) is 1. The van der Waals surface area contributed by atoms with Gasteiger partial charge in [-0.05, 0) is 30.6 Å². The van der Waals surface area contributed by atoms with E-state index >= 15 is 0 Å². The van der Waals surface area contributed by atoms with E-state index in [0.29, 0.717) is 31.5 Å². The second-order valence-electron chi connectivity index (χ2n) is 4.69. The number of rotatable bonds is 6. The Balaban J connectivity index is 1.58. The van der Waals surface area contributed by atoms with Gasteiger partial charge in [0, 0.05) is 13.1 Å². The van der Waals surface area contributed by atoms with E-state index in [0.717, 1.165) is 5.92 Å². The van der Waals surface area contributed by atoms with Gasteiger partial charge in [-0.2, -0.15) is 0 Å². The molecule has 3 unspecified atom stereocenters. The van der Waals surface area contributed by atoms with Crippen LogP contribution in [0.25, 0.3) is 0 Å². The van der Waals surface area contributed by atoms with Gasteiger partial charge in [-0.1, -0.05) is 12.2 Å². The number of hydrogen-bond donors (Lipinski definition) is 2. The van der Waals surface area contributed by atoms with E-state index in [1.165, 1.54) is 12.8 Å². The highest BCUT2D eigenvalue weighted by atomic mass is 16.5. The second-order valence-corrected chi connectivity index (χ2v) is 4.69. The zero-order chi connectivity index (χ0) is 11.4. The third-order valence-electron chi connectivity index (χ3n) is 3.45. The van der Waals surface area contributed by atoms with Crippen LogP contribution in [0.3, 0.4) is 0 Å². The standard InChI is InChI=1S/C12H20N2O2/c13-3-4-14-12(15)8-16-7-11-6-9-1-2-10(11)5-9/h1-2,9-11H,3-8,13H2,(H,14,15). The highest BCUT2D eigenvalue weighted by Gasteiger charge is 2.35. The maximum atomic E-state index is 11.2. The van der Waals surface area contributed by atoms with E-state index in [1.54, 1.807) is 0 Å². The van der Waals surface area contributed by atoms with Crippen molar-refractivity contribution in [2.75, 3.05) is 26.3 Å². The van der Waals surface area contributed by atoms with Gasteiger partial charge in [0.15, 0.2) is 0 Å². The van der Waals surface area contributed by atoms with Crippen molar-refractivity contribution in [2.45, 2.75) is 12.8 Å². The summed E-state index contributed by atoms with van der Waals surface area (Å²) in [5.74, 6) is 2.02. The predicted molar refractivity (Wildman–Crippen MR) is 61.7 cm³/mol. The molecule has 0 saturated heterocycles. The Kier molecular flexibility index (Phi) is 3.96. The fourth-order valence-corrected chi connectivity index (χ4v) is 2.65. The number of hydrogen-bond acceptors (Lipinski definition) is 3. The van der Waals surface area contributed by atoms with Crippen LogP contribution >= 0.6 is 0 Å². The molecule has 4 heteroatoms. The lowest BCUT2D eigenvalue weighted by Crippen LogP contribution is -2.32. The van der Waals surface area contributed by atoms with Crippen LogP contribution in [-0.2, 0) is 9.53 Å². The molecule has 2 aliphatic carbocycles. The number of carbonyl (C=O) groups excluding carboxylic acids is 1. The smallest absolute Gasteiger partial charge is 0.246 e. The summed E-state index contributed by atoms with van der Waals surface area (Å²) in [7, 11) is 0. The molecule has 1 saturated carbocycles. The fourth-order valence-electron chi connectivity index (χ4n) is 2.65. The van der Waals surface area contributed by atoms with Crippen LogP contribution in [0, 0.1) is 17.8 Å². The van der Waals surface area contributed by atoms with Gasteiger partial charge in [-0.25, -0.2) is 0 Å². The molecule has 2 rings (SSSR count). The molecule has 90 valence electrons. The molecule has 0 aliphatic heterocycles. The summed E-state index contributed by atoms with van der Waals surface area (Å²) in [5.41, 5.74) is 5.28. The first kappa shape index (κ1) is 11.6. The molecule has 0 aromatic carbocycles. The van der Waals surface area contributed by atoms with E-state index in [9.17, 15) is 4.79 Å². The predicted octanol–water partition coefficient (Wildman–Crippen LogP) is 0.290. The van der Waals surface area contributed by atoms with Crippen LogP contribution in [-0.4, -0.2) is 32.2 Å². The SMILES string of the molecule is NCCNC(=O)COCC1CC2C=CC1C2. The highest BCUT2D eigenvalue weighted by Crippen LogP contribution is 2.43. The molecule has 1 amide bonds. The zero-order valence-electron chi connectivity index (χ0n) is 9.52. The van der Waals surface area contributed by atoms with Crippen molar-refractivity contribution in [3.05, 3.63) is 12.2 Å². The molecule has 3 N–H and O–H groups in total. The van der Waals surface area contributed by atoms with E-state index in [1.807, 2.05) is 0 Å². The molecule has 0 aromatic rings. The molecule has 3 atom stereocenters. The van der Waals surface area contributed by atoms with Crippen LogP contribution in [0.2, 0.25) is 0 Å². The largest absolute Gasteiger partial charge is 0.371 e. The van der Waals surface area contributed by atoms with Crippen molar-refractivity contribution in [1.29, 1.82) is 0 Å². The zero-order valence-corrected chi connectivity index (χ0v) is 9.52. The van der Waals surface area contributed by atoms with Crippen molar-refractivity contribution in [1.82, 2.24) is 5.32 Å². The summed E-state index contributed by atoms with van der Waals surface area (Å²) in [5, 5.41) is 2.69. The molecule has 4 nitrogen and oxygen atoms in total. The van der Waals surface area contributed by atoms with E-state index in [-0.39, 0.29) is 12.5 Å². The molecule has 2 bridgehead atoms. The average Bonchev–Trinajstić information content (AvgIpc) is 2.88. The summed E-state index contributed by atoms with van der Waals surface area (Å²) in [6.45, 7) is 1.88. The van der Waals surface area contributed by atoms with E-state index in [4.69, 9.17) is 10.5 Å². The van der Waals surface area contributed by atoms with E-state index in [2.05, 4.69) is 17.5 Å². The average molecular weight is 224 g/mol. The van der Waals surface area contributed by atoms with Crippen LogP contribution in [0.1, 0.15) is 12.8 Å². The van der Waals surface area contributed by atoms with Gasteiger partial charge in [0.05, 0.1) is 6.61 Å². The molecule has 0 radical (unpaired) electrons. The monoisotopic (exact) mass is 224 g/mol. The van der Waals surface area contributed by atoms with Crippen molar-refractivity contribution < 1.29 is 9.53 Å². The molecule has 0 aromatic heterocycles. The lowest BCUT2D eigenvalue weighted by atomic mass is 9.95. The molecule has 16 heavy (non-hydrogen) atoms. The summed E-state index contributed by atoms with van der Waals surface area (Å²) in [6, 6.07) is 0. The van der Waals surface area contributed by atoms with Crippen LogP contribution in [0.5, 0.6) is 0 Å². The summed E-state index contributed by atoms with van der Waals surface area (Å²) < 4.78 is 5.44. The molecular formula is C12H20N2O2. The molecule has 0 heterocycles. The third kappa shape index (κ3) is 2.83. The Morgan fingerprint density at radius 1 is 1.44 bits per heavy atom. The molecular weight excluding hydrogens is 204 g/mol. The maximum absolute atomic E-state index is 11.2. The summed E-state index contributed by atoms with van der Waals surface area (Å²) in [6.07, 6.45) is 7.13. The topological polar surface area (TPSA) is 64.3 Å². The Morgan fingerprint density at radius 2 is 2.31 bits per heavy atom. The minimum atomic E-state index is -0.0656. The summed E-state index contributed by atoms with van der Waals surface area (Å²) in [4.78, 5) is 11.2. The third-order valence-corrected chi connectivity index (χ3v) is 3.45. The lowest BCUT2D eigenvalue weighted by Gasteiger charge is -2.17. The van der Waals surface area contributed by atoms with Crippen molar-refractivity contribution in [3.63, 3.8) is 0 Å². The second kappa shape index (κ2) is 5.46. The van der Waals surface area contributed by atoms with Crippen LogP contribution < -0.4 is 11.1 Å². The number of nitrogens with two attached hydrogens (primary N) is 1. The van der Waals surface area contributed by atoms with Gasteiger partial charge in [0.1, 0.15) is 6.61 Å². The first-order valence-corrected chi connectivity index (χ1v) is 6.02. The quantitative estimate of drug-likeness (QED) is 0.637. The van der Waals surface area contributed by atoms with Gasteiger partial charge in [-0.15, -0.1) is 0 Å². The van der Waals surface area contributed by atoms with Gasteiger partial charge in [-0.3, -0.25) is 4.79 Å². The Hall–Kier alpha value is -0.870. The van der Waals surface area contributed by atoms with Gasteiger partial charge < -0.3 is 15.8 Å². The van der Waals surface area contributed by atoms with Crippen molar-refractivity contribution >= 4 is 5.91 Å². The van der Waals surface area contributed by atoms with Gasteiger partial charge in [0.25, 0.3) is 0 Å². The minimum absolute atomic E-state index is 0.0656. The van der Waals surface area contributed by atoms with Crippen molar-refractivity contribution in [3.8, 4) is 0 Å². The minimum Gasteiger partial charge on any atom is -0.371 e. The maximum Gasteiger partial charge on any atom is 0.246 e. The van der Waals surface area contributed by atoms with Crippen LogP contribution in [0.4, 0.5) is 0 Å². The number of ether oxygens (including phenoxy) is 1. The van der Waals surface area contributed by atoms with Gasteiger partial charge >= 0.3 is 0 Å². The van der Waals surface area contributed by atoms with Crippen molar-refractivity contribution in [2.24, 2.45) is 23.5 Å². The normalized spacial score (nSPS) is 30.9. The Bertz CT molecular complexity index is 278. The number of fused-ring (bicyclic) bond motifs is 2. The first-order valence-electron chi connectivity index (χ1n) is 6.02. The number of carbonyl (C=O) groups is 1. The first-order chi connectivity index (χ1) is 7.79. The van der Waals surface area contributed by atoms with Crippen LogP contribution in [0.15, 0.2) is 12.2 Å². The lowest BCUT2D eigenvalue weighted by molar-refractivity contribution is -0.126. The van der Waals surface area contributed by atoms with Gasteiger partial charge in [0.2, 0.25) is 5.91 Å². The molecule has 0 spiro atoms. The Labute approximate surface area is 96.2 Å². The number of allylic oxidation sites excluding steroid dienone is 2. The number of amides is 1. The summed E-state index contributed by atoms with van der Waals surface area (Å²) >= 11 is 0.